The van der Waals surface area contributed by atoms with Crippen LogP contribution in [0.25, 0.3) is 0 Å². The van der Waals surface area contributed by atoms with Crippen molar-refractivity contribution >= 4 is 5.91 Å². The van der Waals surface area contributed by atoms with E-state index in [-0.39, 0.29) is 0 Å². The lowest BCUT2D eigenvalue weighted by Crippen LogP contribution is -2.42. The molecule has 0 radical (unpaired) electrons. The lowest BCUT2D eigenvalue weighted by molar-refractivity contribution is -0.132. The molecule has 2 heterocycles. The summed E-state index contributed by atoms with van der Waals surface area (Å²) < 4.78 is 0. The second kappa shape index (κ2) is 6.02. The Morgan fingerprint density at radius 2 is 2.06 bits per heavy atom. The summed E-state index contributed by atoms with van der Waals surface area (Å²) in [7, 11) is 2.22. The van der Waals surface area contributed by atoms with Gasteiger partial charge in [-0.05, 0) is 39.8 Å². The van der Waals surface area contributed by atoms with E-state index in [1.165, 1.54) is 12.8 Å². The van der Waals surface area contributed by atoms with Gasteiger partial charge in [0.15, 0.2) is 0 Å². The zero-order valence-corrected chi connectivity index (χ0v) is 12.0. The van der Waals surface area contributed by atoms with Gasteiger partial charge in [0.2, 0.25) is 5.91 Å². The van der Waals surface area contributed by atoms with Gasteiger partial charge in [-0.1, -0.05) is 6.92 Å². The van der Waals surface area contributed by atoms with Gasteiger partial charge in [-0.3, -0.25) is 9.69 Å². The molecular formula is C14H27N3O. The van der Waals surface area contributed by atoms with E-state index in [1.807, 2.05) is 0 Å². The Morgan fingerprint density at radius 1 is 1.33 bits per heavy atom. The highest BCUT2D eigenvalue weighted by Gasteiger charge is 2.35. The average molecular weight is 253 g/mol. The molecule has 0 spiro atoms. The summed E-state index contributed by atoms with van der Waals surface area (Å²) in [5.41, 5.74) is 0. The van der Waals surface area contributed by atoms with Crippen molar-refractivity contribution in [3.05, 3.63) is 0 Å². The first-order valence-corrected chi connectivity index (χ1v) is 7.35. The summed E-state index contributed by atoms with van der Waals surface area (Å²) in [5.74, 6) is 0.324. The third kappa shape index (κ3) is 3.04. The van der Waals surface area contributed by atoms with E-state index in [0.29, 0.717) is 30.5 Å². The fourth-order valence-corrected chi connectivity index (χ4v) is 3.35. The molecule has 18 heavy (non-hydrogen) atoms. The SMILES string of the molecule is CCNC(C)CC(=O)N1CCC2CCC(C1)N2C. The van der Waals surface area contributed by atoms with Gasteiger partial charge in [0, 0.05) is 37.6 Å². The topological polar surface area (TPSA) is 35.6 Å². The third-order valence-corrected chi connectivity index (χ3v) is 4.53. The Labute approximate surface area is 111 Å². The molecule has 0 aromatic heterocycles. The average Bonchev–Trinajstić information content (AvgIpc) is 2.52. The van der Waals surface area contributed by atoms with Crippen LogP contribution < -0.4 is 5.32 Å². The van der Waals surface area contributed by atoms with Gasteiger partial charge in [-0.25, -0.2) is 0 Å². The minimum absolute atomic E-state index is 0.292. The van der Waals surface area contributed by atoms with E-state index in [1.54, 1.807) is 0 Å². The minimum atomic E-state index is 0.292. The monoisotopic (exact) mass is 253 g/mol. The second-order valence-corrected chi connectivity index (χ2v) is 5.84. The molecule has 0 aromatic rings. The van der Waals surface area contributed by atoms with Crippen molar-refractivity contribution < 1.29 is 4.79 Å². The summed E-state index contributed by atoms with van der Waals surface area (Å²) in [5, 5.41) is 3.32. The summed E-state index contributed by atoms with van der Waals surface area (Å²) in [6, 6.07) is 1.59. The number of carbonyl (C=O) groups is 1. The molecule has 0 aliphatic carbocycles. The number of likely N-dealkylation sites (N-methyl/N-ethyl adjacent to an activating group) is 1. The van der Waals surface area contributed by atoms with Crippen LogP contribution in [-0.2, 0) is 4.79 Å². The standard InChI is InChI=1S/C14H27N3O/c1-4-15-11(2)9-14(18)17-8-7-12-5-6-13(10-17)16(12)3/h11-13,15H,4-10H2,1-3H3. The first kappa shape index (κ1) is 13.8. The first-order valence-electron chi connectivity index (χ1n) is 7.35. The van der Waals surface area contributed by atoms with Crippen LogP contribution in [0.5, 0.6) is 0 Å². The molecule has 0 aromatic carbocycles. The van der Waals surface area contributed by atoms with E-state index in [2.05, 4.69) is 36.0 Å². The van der Waals surface area contributed by atoms with Crippen molar-refractivity contribution in [2.45, 2.75) is 57.7 Å². The highest BCUT2D eigenvalue weighted by atomic mass is 16.2. The largest absolute Gasteiger partial charge is 0.341 e. The fourth-order valence-electron chi connectivity index (χ4n) is 3.35. The number of nitrogens with one attached hydrogen (secondary N) is 1. The van der Waals surface area contributed by atoms with Crippen molar-refractivity contribution in [2.24, 2.45) is 0 Å². The van der Waals surface area contributed by atoms with Gasteiger partial charge in [0.25, 0.3) is 0 Å². The zero-order chi connectivity index (χ0) is 13.1. The van der Waals surface area contributed by atoms with E-state index < -0.39 is 0 Å². The highest BCUT2D eigenvalue weighted by molar-refractivity contribution is 5.76. The Bertz CT molecular complexity index is 295. The molecule has 4 heteroatoms. The van der Waals surface area contributed by atoms with Gasteiger partial charge in [0.1, 0.15) is 0 Å². The maximum Gasteiger partial charge on any atom is 0.224 e. The Balaban J connectivity index is 1.87. The molecule has 3 atom stereocenters. The van der Waals surface area contributed by atoms with Crippen LogP contribution in [0.4, 0.5) is 0 Å². The van der Waals surface area contributed by atoms with E-state index in [9.17, 15) is 4.79 Å². The summed E-state index contributed by atoms with van der Waals surface area (Å²) in [4.78, 5) is 16.9. The van der Waals surface area contributed by atoms with E-state index in [0.717, 1.165) is 26.1 Å². The van der Waals surface area contributed by atoms with Gasteiger partial charge in [0.05, 0.1) is 0 Å². The highest BCUT2D eigenvalue weighted by Crippen LogP contribution is 2.28. The number of hydrogen-bond donors (Lipinski definition) is 1. The smallest absolute Gasteiger partial charge is 0.224 e. The molecule has 2 fully saturated rings. The van der Waals surface area contributed by atoms with Gasteiger partial charge < -0.3 is 10.2 Å². The normalized spacial score (nSPS) is 30.3. The molecule has 0 saturated carbocycles. The first-order chi connectivity index (χ1) is 8.61. The molecule has 1 amide bonds. The molecule has 2 aliphatic heterocycles. The van der Waals surface area contributed by atoms with Crippen LogP contribution in [0.1, 0.15) is 39.5 Å². The Hall–Kier alpha value is -0.610. The van der Waals surface area contributed by atoms with Crippen LogP contribution in [0.2, 0.25) is 0 Å². The second-order valence-electron chi connectivity index (χ2n) is 5.84. The minimum Gasteiger partial charge on any atom is -0.341 e. The predicted octanol–water partition coefficient (Wildman–Crippen LogP) is 1.07. The number of carbonyl (C=O) groups excluding carboxylic acids is 1. The van der Waals surface area contributed by atoms with Crippen molar-refractivity contribution in [1.82, 2.24) is 15.1 Å². The number of rotatable bonds is 4. The summed E-state index contributed by atoms with van der Waals surface area (Å²) in [6.07, 6.45) is 4.36. The number of likely N-dealkylation sites (tertiary alicyclic amines) is 1. The number of fused-ring (bicyclic) bond motifs is 2. The number of hydrogen-bond acceptors (Lipinski definition) is 3. The number of amides is 1. The number of nitrogens with zero attached hydrogens (tertiary/aromatic N) is 2. The molecule has 2 rings (SSSR count). The van der Waals surface area contributed by atoms with Crippen LogP contribution in [0.3, 0.4) is 0 Å². The van der Waals surface area contributed by atoms with Crippen LogP contribution in [0, 0.1) is 0 Å². The molecule has 4 nitrogen and oxygen atoms in total. The molecule has 2 bridgehead atoms. The predicted molar refractivity (Wildman–Crippen MR) is 73.5 cm³/mol. The fraction of sp³-hybridized carbons (Fsp3) is 0.929. The Morgan fingerprint density at radius 3 is 2.78 bits per heavy atom. The molecule has 2 aliphatic rings. The molecule has 1 N–H and O–H groups in total. The van der Waals surface area contributed by atoms with Crippen LogP contribution >= 0.6 is 0 Å². The van der Waals surface area contributed by atoms with Crippen molar-refractivity contribution in [3.63, 3.8) is 0 Å². The summed E-state index contributed by atoms with van der Waals surface area (Å²) >= 11 is 0. The third-order valence-electron chi connectivity index (χ3n) is 4.53. The maximum atomic E-state index is 12.3. The lowest BCUT2D eigenvalue weighted by atomic mass is 10.1. The van der Waals surface area contributed by atoms with Crippen molar-refractivity contribution in [1.29, 1.82) is 0 Å². The van der Waals surface area contributed by atoms with Crippen LogP contribution in [0.15, 0.2) is 0 Å². The van der Waals surface area contributed by atoms with Crippen LogP contribution in [-0.4, -0.2) is 60.5 Å². The molecular weight excluding hydrogens is 226 g/mol. The molecule has 3 unspecified atom stereocenters. The van der Waals surface area contributed by atoms with Gasteiger partial charge in [-0.15, -0.1) is 0 Å². The summed E-state index contributed by atoms with van der Waals surface area (Å²) in [6.45, 7) is 6.99. The van der Waals surface area contributed by atoms with Gasteiger partial charge >= 0.3 is 0 Å². The van der Waals surface area contributed by atoms with Crippen molar-refractivity contribution in [3.8, 4) is 0 Å². The Kier molecular flexibility index (Phi) is 4.62. The quantitative estimate of drug-likeness (QED) is 0.814. The van der Waals surface area contributed by atoms with E-state index >= 15 is 0 Å². The molecule has 104 valence electrons. The maximum absolute atomic E-state index is 12.3. The van der Waals surface area contributed by atoms with Crippen molar-refractivity contribution in [2.75, 3.05) is 26.7 Å². The zero-order valence-electron chi connectivity index (χ0n) is 12.0. The lowest BCUT2D eigenvalue weighted by Gasteiger charge is -2.27. The molecule has 2 saturated heterocycles. The van der Waals surface area contributed by atoms with E-state index in [4.69, 9.17) is 0 Å². The van der Waals surface area contributed by atoms with Gasteiger partial charge in [-0.2, -0.15) is 0 Å².